The van der Waals surface area contributed by atoms with Crippen molar-refractivity contribution >= 4 is 41.2 Å². The van der Waals surface area contributed by atoms with Gasteiger partial charge >= 0.3 is 11.9 Å². The first-order valence-electron chi connectivity index (χ1n) is 9.73. The van der Waals surface area contributed by atoms with Crippen molar-refractivity contribution in [1.82, 2.24) is 0 Å². The fourth-order valence-electron chi connectivity index (χ4n) is 3.29. The van der Waals surface area contributed by atoms with Gasteiger partial charge in [0.25, 0.3) is 0 Å². The Morgan fingerprint density at radius 2 is 1.16 bits per heavy atom. The van der Waals surface area contributed by atoms with Gasteiger partial charge in [0.2, 0.25) is 0 Å². The van der Waals surface area contributed by atoms with E-state index in [9.17, 15) is 9.59 Å². The van der Waals surface area contributed by atoms with E-state index in [4.69, 9.17) is 10.2 Å². The molecule has 0 heterocycles. The van der Waals surface area contributed by atoms with Gasteiger partial charge in [0.05, 0.1) is 0 Å². The maximum atomic E-state index is 10.8. The fourth-order valence-corrected chi connectivity index (χ4v) is 3.29. The molecule has 0 fully saturated rings. The Morgan fingerprint density at radius 3 is 1.55 bits per heavy atom. The largest absolute Gasteiger partial charge is 0.478 e. The Kier molecular flexibility index (Phi) is 6.67. The third-order valence-electron chi connectivity index (χ3n) is 4.73. The number of benzene rings is 3. The molecule has 0 aromatic heterocycles. The van der Waals surface area contributed by atoms with Crippen molar-refractivity contribution in [2.24, 2.45) is 0 Å². The molecule has 0 aliphatic carbocycles. The van der Waals surface area contributed by atoms with Crippen molar-refractivity contribution in [3.63, 3.8) is 0 Å². The van der Waals surface area contributed by atoms with Crippen LogP contribution in [0.5, 0.6) is 0 Å². The number of hydrogen-bond donors (Lipinski definition) is 2. The Morgan fingerprint density at radius 1 is 0.710 bits per heavy atom. The lowest BCUT2D eigenvalue weighted by atomic mass is 10.1. The predicted molar refractivity (Wildman–Crippen MR) is 124 cm³/mol. The van der Waals surface area contributed by atoms with Crippen LogP contribution in [0.1, 0.15) is 22.3 Å². The van der Waals surface area contributed by atoms with E-state index in [1.165, 1.54) is 5.56 Å². The first kappa shape index (κ1) is 21.6. The normalized spacial score (nSPS) is 11.2. The molecule has 5 heteroatoms. The van der Waals surface area contributed by atoms with E-state index < -0.39 is 11.9 Å². The number of carboxylic acids is 2. The molecule has 3 aromatic rings. The topological polar surface area (TPSA) is 77.8 Å². The Labute approximate surface area is 181 Å². The molecule has 0 unspecified atom stereocenters. The van der Waals surface area contributed by atoms with Gasteiger partial charge < -0.3 is 15.1 Å². The number of anilines is 3. The molecule has 0 bridgehead atoms. The number of carboxylic acid groups (broad SMARTS) is 2. The highest BCUT2D eigenvalue weighted by Crippen LogP contribution is 2.37. The molecule has 0 atom stereocenters. The molecule has 0 amide bonds. The minimum absolute atomic E-state index is 0.792. The first-order chi connectivity index (χ1) is 14.8. The van der Waals surface area contributed by atoms with E-state index >= 15 is 0 Å². The summed E-state index contributed by atoms with van der Waals surface area (Å²) >= 11 is 0. The highest BCUT2D eigenvalue weighted by Gasteiger charge is 2.14. The predicted octanol–water partition coefficient (Wildman–Crippen LogP) is 5.97. The standard InChI is InChI=1S/C26H23NO4/c1-18-3-14-24(19(2)17-18)27(22-10-4-20(5-11-22)8-15-25(28)29)23-12-6-21(7-13-23)9-16-26(30)31/h3-17H,1-2H3,(H,28,29)(H,30,31). The summed E-state index contributed by atoms with van der Waals surface area (Å²) in [5.74, 6) is -1.98. The molecule has 0 aliphatic heterocycles. The number of carbonyl (C=O) groups is 2. The summed E-state index contributed by atoms with van der Waals surface area (Å²) in [6, 6.07) is 21.5. The van der Waals surface area contributed by atoms with E-state index in [0.29, 0.717) is 0 Å². The van der Waals surface area contributed by atoms with Crippen LogP contribution in [-0.4, -0.2) is 22.2 Å². The van der Waals surface area contributed by atoms with Gasteiger partial charge in [-0.1, -0.05) is 42.0 Å². The fraction of sp³-hybridized carbons (Fsp3) is 0.0769. The second-order valence-corrected chi connectivity index (χ2v) is 7.15. The highest BCUT2D eigenvalue weighted by atomic mass is 16.4. The van der Waals surface area contributed by atoms with Crippen LogP contribution in [0.15, 0.2) is 78.9 Å². The highest BCUT2D eigenvalue weighted by molar-refractivity contribution is 5.86. The van der Waals surface area contributed by atoms with E-state index in [-0.39, 0.29) is 0 Å². The van der Waals surface area contributed by atoms with Gasteiger partial charge in [0.15, 0.2) is 0 Å². The summed E-state index contributed by atoms with van der Waals surface area (Å²) in [6.45, 7) is 4.11. The molecule has 0 saturated heterocycles. The van der Waals surface area contributed by atoms with Gasteiger partial charge in [-0.25, -0.2) is 9.59 Å². The lowest BCUT2D eigenvalue weighted by Crippen LogP contribution is -2.11. The number of aliphatic carboxylic acids is 2. The molecule has 0 radical (unpaired) electrons. The average molecular weight is 413 g/mol. The van der Waals surface area contributed by atoms with Crippen LogP contribution < -0.4 is 4.90 Å². The Hall–Kier alpha value is -4.12. The van der Waals surface area contributed by atoms with E-state index in [1.807, 2.05) is 55.5 Å². The van der Waals surface area contributed by atoms with Gasteiger partial charge in [-0.2, -0.15) is 0 Å². The third-order valence-corrected chi connectivity index (χ3v) is 4.73. The van der Waals surface area contributed by atoms with Crippen LogP contribution in [0.3, 0.4) is 0 Å². The van der Waals surface area contributed by atoms with E-state index in [1.54, 1.807) is 12.2 Å². The number of aryl methyl sites for hydroxylation is 2. The minimum Gasteiger partial charge on any atom is -0.478 e. The molecule has 31 heavy (non-hydrogen) atoms. The van der Waals surface area contributed by atoms with Crippen molar-refractivity contribution in [3.05, 3.63) is 101 Å². The van der Waals surface area contributed by atoms with Crippen molar-refractivity contribution in [2.45, 2.75) is 13.8 Å². The summed E-state index contributed by atoms with van der Waals surface area (Å²) in [5.41, 5.74) is 6.74. The Balaban J connectivity index is 2.03. The summed E-state index contributed by atoms with van der Waals surface area (Å²) in [5, 5.41) is 17.7. The molecule has 3 aromatic carbocycles. The maximum Gasteiger partial charge on any atom is 0.328 e. The van der Waals surface area contributed by atoms with Gasteiger partial charge in [0, 0.05) is 29.2 Å². The van der Waals surface area contributed by atoms with Crippen LogP contribution >= 0.6 is 0 Å². The summed E-state index contributed by atoms with van der Waals surface area (Å²) in [7, 11) is 0. The SMILES string of the molecule is Cc1ccc(N(c2ccc(C=CC(=O)O)cc2)c2ccc(C=CC(=O)O)cc2)c(C)c1. The monoisotopic (exact) mass is 413 g/mol. The number of rotatable bonds is 7. The van der Waals surface area contributed by atoms with Gasteiger partial charge in [-0.05, 0) is 73.0 Å². The van der Waals surface area contributed by atoms with Crippen LogP contribution in [0, 0.1) is 13.8 Å². The smallest absolute Gasteiger partial charge is 0.328 e. The van der Waals surface area contributed by atoms with Gasteiger partial charge in [-0.15, -0.1) is 0 Å². The van der Waals surface area contributed by atoms with E-state index in [2.05, 4.69) is 30.0 Å². The maximum absolute atomic E-state index is 10.8. The molecule has 5 nitrogen and oxygen atoms in total. The molecule has 156 valence electrons. The third kappa shape index (κ3) is 5.70. The quantitative estimate of drug-likeness (QED) is 0.467. The second kappa shape index (κ2) is 9.59. The van der Waals surface area contributed by atoms with Crippen molar-refractivity contribution in [3.8, 4) is 0 Å². The Bertz CT molecular complexity index is 1080. The number of hydrogen-bond acceptors (Lipinski definition) is 3. The van der Waals surface area contributed by atoms with Crippen LogP contribution in [0.25, 0.3) is 12.2 Å². The molecular formula is C26H23NO4. The van der Waals surface area contributed by atoms with Gasteiger partial charge in [0.1, 0.15) is 0 Å². The average Bonchev–Trinajstić information content (AvgIpc) is 2.74. The van der Waals surface area contributed by atoms with Crippen molar-refractivity contribution < 1.29 is 19.8 Å². The van der Waals surface area contributed by atoms with Gasteiger partial charge in [-0.3, -0.25) is 0 Å². The molecule has 0 aliphatic rings. The molecule has 0 spiro atoms. The second-order valence-electron chi connectivity index (χ2n) is 7.15. The van der Waals surface area contributed by atoms with Crippen LogP contribution in [0.4, 0.5) is 17.1 Å². The van der Waals surface area contributed by atoms with Crippen molar-refractivity contribution in [2.75, 3.05) is 4.90 Å². The molecule has 0 saturated carbocycles. The number of nitrogens with zero attached hydrogens (tertiary/aromatic N) is 1. The molecule has 2 N–H and O–H groups in total. The zero-order valence-corrected chi connectivity index (χ0v) is 17.3. The van der Waals surface area contributed by atoms with Crippen molar-refractivity contribution in [1.29, 1.82) is 0 Å². The summed E-state index contributed by atoms with van der Waals surface area (Å²) in [4.78, 5) is 23.6. The minimum atomic E-state index is -0.988. The zero-order chi connectivity index (χ0) is 22.4. The first-order valence-corrected chi connectivity index (χ1v) is 9.73. The summed E-state index contributed by atoms with van der Waals surface area (Å²) in [6.07, 6.45) is 5.33. The molecular weight excluding hydrogens is 390 g/mol. The zero-order valence-electron chi connectivity index (χ0n) is 17.3. The van der Waals surface area contributed by atoms with Crippen LogP contribution in [0.2, 0.25) is 0 Å². The summed E-state index contributed by atoms with van der Waals surface area (Å²) < 4.78 is 0. The van der Waals surface area contributed by atoms with Crippen LogP contribution in [-0.2, 0) is 9.59 Å². The van der Waals surface area contributed by atoms with E-state index in [0.717, 1.165) is 45.9 Å². The molecule has 3 rings (SSSR count). The lowest BCUT2D eigenvalue weighted by molar-refractivity contribution is -0.132. The lowest BCUT2D eigenvalue weighted by Gasteiger charge is -2.27.